The molecule has 1 heterocycles. The van der Waals surface area contributed by atoms with E-state index in [0.29, 0.717) is 36.6 Å². The lowest BCUT2D eigenvalue weighted by Crippen LogP contribution is -2.41. The van der Waals surface area contributed by atoms with Gasteiger partial charge in [0.05, 0.1) is 5.02 Å². The van der Waals surface area contributed by atoms with Gasteiger partial charge >= 0.3 is 0 Å². The summed E-state index contributed by atoms with van der Waals surface area (Å²) < 4.78 is 11.1. The highest BCUT2D eigenvalue weighted by Gasteiger charge is 2.16. The SMILES string of the molecule is CCNC(=NCCc1cc(Cl)c2c(c1)OCCO2)NC(C)C.I. The Kier molecular flexibility index (Phi) is 8.83. The van der Waals surface area contributed by atoms with Crippen LogP contribution < -0.4 is 20.1 Å². The van der Waals surface area contributed by atoms with Crippen molar-refractivity contribution in [3.8, 4) is 11.5 Å². The van der Waals surface area contributed by atoms with Crippen LogP contribution in [0.25, 0.3) is 0 Å². The van der Waals surface area contributed by atoms with Crippen molar-refractivity contribution in [1.82, 2.24) is 10.6 Å². The molecule has 130 valence electrons. The van der Waals surface area contributed by atoms with Crippen molar-refractivity contribution in [3.63, 3.8) is 0 Å². The van der Waals surface area contributed by atoms with E-state index >= 15 is 0 Å². The fourth-order valence-corrected chi connectivity index (χ4v) is 2.49. The average molecular weight is 454 g/mol. The molecule has 7 heteroatoms. The molecule has 0 spiro atoms. The highest BCUT2D eigenvalue weighted by atomic mass is 127. The first-order valence-corrected chi connectivity index (χ1v) is 8.10. The Morgan fingerprint density at radius 2 is 2.04 bits per heavy atom. The van der Waals surface area contributed by atoms with Crippen molar-refractivity contribution in [2.45, 2.75) is 33.2 Å². The standard InChI is InChI=1S/C16H24ClN3O2.HI/c1-4-18-16(20-11(2)3)19-6-5-12-9-13(17)15-14(10-12)21-7-8-22-15;/h9-11H,4-8H2,1-3H3,(H2,18,19,20);1H. The number of rotatable bonds is 5. The Labute approximate surface area is 160 Å². The van der Waals surface area contributed by atoms with Gasteiger partial charge in [-0.25, -0.2) is 0 Å². The molecule has 1 aromatic carbocycles. The summed E-state index contributed by atoms with van der Waals surface area (Å²) in [4.78, 5) is 4.57. The van der Waals surface area contributed by atoms with E-state index in [1.807, 2.05) is 12.1 Å². The van der Waals surface area contributed by atoms with Crippen molar-refractivity contribution in [2.24, 2.45) is 4.99 Å². The minimum absolute atomic E-state index is 0. The third-order valence-electron chi connectivity index (χ3n) is 3.10. The molecule has 0 saturated carbocycles. The molecule has 1 aliphatic rings. The van der Waals surface area contributed by atoms with Crippen molar-refractivity contribution >= 4 is 41.5 Å². The van der Waals surface area contributed by atoms with Crippen molar-refractivity contribution in [2.75, 3.05) is 26.3 Å². The van der Waals surface area contributed by atoms with Crippen LogP contribution in [-0.4, -0.2) is 38.3 Å². The van der Waals surface area contributed by atoms with Crippen LogP contribution in [0.15, 0.2) is 17.1 Å². The van der Waals surface area contributed by atoms with Gasteiger partial charge in [0, 0.05) is 19.1 Å². The second-order valence-corrected chi connectivity index (χ2v) is 5.82. The molecule has 2 rings (SSSR count). The molecule has 0 aliphatic carbocycles. The van der Waals surface area contributed by atoms with Crippen molar-refractivity contribution in [3.05, 3.63) is 22.7 Å². The molecular formula is C16H25ClIN3O2. The van der Waals surface area contributed by atoms with Crippen LogP contribution in [0.4, 0.5) is 0 Å². The van der Waals surface area contributed by atoms with Gasteiger partial charge in [0.2, 0.25) is 0 Å². The summed E-state index contributed by atoms with van der Waals surface area (Å²) in [6.07, 6.45) is 0.797. The second kappa shape index (κ2) is 10.1. The van der Waals surface area contributed by atoms with Gasteiger partial charge in [-0.05, 0) is 44.9 Å². The quantitative estimate of drug-likeness (QED) is 0.408. The number of hydrogen-bond donors (Lipinski definition) is 2. The summed E-state index contributed by atoms with van der Waals surface area (Å²) >= 11 is 6.24. The van der Waals surface area contributed by atoms with Gasteiger partial charge in [-0.3, -0.25) is 4.99 Å². The maximum absolute atomic E-state index is 6.24. The molecule has 0 amide bonds. The second-order valence-electron chi connectivity index (χ2n) is 5.41. The number of aliphatic imine (C=N–C) groups is 1. The molecule has 23 heavy (non-hydrogen) atoms. The molecular weight excluding hydrogens is 429 g/mol. The molecule has 0 atom stereocenters. The highest BCUT2D eigenvalue weighted by Crippen LogP contribution is 2.38. The van der Waals surface area contributed by atoms with E-state index in [4.69, 9.17) is 21.1 Å². The normalized spacial score (nSPS) is 13.5. The Balaban J connectivity index is 0.00000264. The number of fused-ring (bicyclic) bond motifs is 1. The number of ether oxygens (including phenoxy) is 2. The summed E-state index contributed by atoms with van der Waals surface area (Å²) in [5, 5.41) is 7.13. The topological polar surface area (TPSA) is 54.9 Å². The molecule has 0 fully saturated rings. The van der Waals surface area contributed by atoms with E-state index in [0.717, 1.165) is 30.2 Å². The first-order valence-electron chi connectivity index (χ1n) is 7.73. The molecule has 1 aliphatic heterocycles. The van der Waals surface area contributed by atoms with Crippen LogP contribution in [0.3, 0.4) is 0 Å². The Morgan fingerprint density at radius 1 is 1.30 bits per heavy atom. The zero-order chi connectivity index (χ0) is 15.9. The van der Waals surface area contributed by atoms with Gasteiger partial charge < -0.3 is 20.1 Å². The van der Waals surface area contributed by atoms with E-state index in [2.05, 4.69) is 36.4 Å². The zero-order valence-corrected chi connectivity index (χ0v) is 16.9. The maximum Gasteiger partial charge on any atom is 0.191 e. The van der Waals surface area contributed by atoms with Gasteiger partial charge in [-0.2, -0.15) is 0 Å². The number of benzene rings is 1. The summed E-state index contributed by atoms with van der Waals surface area (Å²) in [7, 11) is 0. The molecule has 0 radical (unpaired) electrons. The van der Waals surface area contributed by atoms with E-state index < -0.39 is 0 Å². The average Bonchev–Trinajstić information content (AvgIpc) is 2.47. The van der Waals surface area contributed by atoms with Gasteiger partial charge in [0.15, 0.2) is 17.5 Å². The van der Waals surface area contributed by atoms with Crippen LogP contribution in [0.2, 0.25) is 5.02 Å². The first-order chi connectivity index (χ1) is 10.6. The van der Waals surface area contributed by atoms with Gasteiger partial charge in [0.1, 0.15) is 13.2 Å². The molecule has 0 aromatic heterocycles. The highest BCUT2D eigenvalue weighted by molar-refractivity contribution is 14.0. The van der Waals surface area contributed by atoms with Crippen LogP contribution in [0.5, 0.6) is 11.5 Å². The Hall–Kier alpha value is -0.890. The molecule has 2 N–H and O–H groups in total. The van der Waals surface area contributed by atoms with E-state index in [9.17, 15) is 0 Å². The number of nitrogens with zero attached hydrogens (tertiary/aromatic N) is 1. The fraction of sp³-hybridized carbons (Fsp3) is 0.562. The van der Waals surface area contributed by atoms with Gasteiger partial charge in [-0.15, -0.1) is 24.0 Å². The van der Waals surface area contributed by atoms with Crippen molar-refractivity contribution < 1.29 is 9.47 Å². The van der Waals surface area contributed by atoms with Crippen LogP contribution in [0, 0.1) is 0 Å². The first kappa shape index (κ1) is 20.2. The summed E-state index contributed by atoms with van der Waals surface area (Å²) in [5.41, 5.74) is 1.10. The largest absolute Gasteiger partial charge is 0.486 e. The fourth-order valence-electron chi connectivity index (χ4n) is 2.20. The molecule has 0 saturated heterocycles. The van der Waals surface area contributed by atoms with Crippen LogP contribution >= 0.6 is 35.6 Å². The third-order valence-corrected chi connectivity index (χ3v) is 3.38. The van der Waals surface area contributed by atoms with E-state index in [-0.39, 0.29) is 24.0 Å². The lowest BCUT2D eigenvalue weighted by molar-refractivity contribution is 0.171. The number of guanidine groups is 1. The predicted molar refractivity (Wildman–Crippen MR) is 106 cm³/mol. The smallest absolute Gasteiger partial charge is 0.191 e. The number of nitrogens with one attached hydrogen (secondary N) is 2. The molecule has 0 unspecified atom stereocenters. The predicted octanol–water partition coefficient (Wildman–Crippen LogP) is 3.24. The summed E-state index contributed by atoms with van der Waals surface area (Å²) in [5.74, 6) is 2.21. The minimum atomic E-state index is 0. The lowest BCUT2D eigenvalue weighted by atomic mass is 10.1. The number of halogens is 2. The minimum Gasteiger partial charge on any atom is -0.486 e. The van der Waals surface area contributed by atoms with E-state index in [1.165, 1.54) is 0 Å². The van der Waals surface area contributed by atoms with Crippen LogP contribution in [0.1, 0.15) is 26.3 Å². The Bertz CT molecular complexity index is 538. The summed E-state index contributed by atoms with van der Waals surface area (Å²) in [6, 6.07) is 4.26. The van der Waals surface area contributed by atoms with Gasteiger partial charge in [0.25, 0.3) is 0 Å². The van der Waals surface area contributed by atoms with Gasteiger partial charge in [-0.1, -0.05) is 11.6 Å². The maximum atomic E-state index is 6.24. The van der Waals surface area contributed by atoms with E-state index in [1.54, 1.807) is 0 Å². The molecule has 0 bridgehead atoms. The zero-order valence-electron chi connectivity index (χ0n) is 13.8. The summed E-state index contributed by atoms with van der Waals surface area (Å²) in [6.45, 7) is 8.86. The number of hydrogen-bond acceptors (Lipinski definition) is 3. The Morgan fingerprint density at radius 3 is 2.74 bits per heavy atom. The van der Waals surface area contributed by atoms with Crippen molar-refractivity contribution in [1.29, 1.82) is 0 Å². The van der Waals surface area contributed by atoms with Crippen LogP contribution in [-0.2, 0) is 6.42 Å². The molecule has 5 nitrogen and oxygen atoms in total. The molecule has 1 aromatic rings. The third kappa shape index (κ3) is 6.25. The lowest BCUT2D eigenvalue weighted by Gasteiger charge is -2.20. The monoisotopic (exact) mass is 453 g/mol.